The first-order valence-electron chi connectivity index (χ1n) is 6.76. The summed E-state index contributed by atoms with van der Waals surface area (Å²) >= 11 is 0. The van der Waals surface area contributed by atoms with Crippen LogP contribution in [-0.4, -0.2) is 55.7 Å². The molecule has 2 N–H and O–H groups in total. The van der Waals surface area contributed by atoms with E-state index in [0.29, 0.717) is 5.75 Å². The van der Waals surface area contributed by atoms with Gasteiger partial charge >= 0.3 is 5.97 Å². The highest BCUT2D eigenvalue weighted by Crippen LogP contribution is 2.27. The molecule has 1 amide bonds. The van der Waals surface area contributed by atoms with Crippen LogP contribution in [0.25, 0.3) is 0 Å². The third-order valence-corrected chi connectivity index (χ3v) is 4.06. The fourth-order valence-electron chi connectivity index (χ4n) is 1.63. The van der Waals surface area contributed by atoms with Gasteiger partial charge in [0.25, 0.3) is 0 Å². The van der Waals surface area contributed by atoms with E-state index in [-0.39, 0.29) is 17.4 Å². The molecule has 0 heterocycles. The summed E-state index contributed by atoms with van der Waals surface area (Å²) in [7, 11) is -2.22. The predicted octanol–water partition coefficient (Wildman–Crippen LogP) is 1.00. The molecule has 0 aliphatic heterocycles. The maximum atomic E-state index is 12.0. The minimum Gasteiger partial charge on any atom is -0.489 e. The number of hydrogen-bond acceptors (Lipinski definition) is 5. The normalized spacial score (nSPS) is 11.6. The summed E-state index contributed by atoms with van der Waals surface area (Å²) in [5.74, 6) is -1.45. The smallest absolute Gasteiger partial charge is 0.335 e. The van der Waals surface area contributed by atoms with Crippen molar-refractivity contribution in [3.8, 4) is 5.75 Å². The molecule has 0 fully saturated rings. The highest BCUT2D eigenvalue weighted by atomic mass is 32.2. The number of nitrogens with zero attached hydrogens (tertiary/aromatic N) is 1. The Labute approximate surface area is 135 Å². The van der Waals surface area contributed by atoms with E-state index in [2.05, 4.69) is 5.32 Å². The Balaban J connectivity index is 3.01. The van der Waals surface area contributed by atoms with Crippen molar-refractivity contribution in [3.63, 3.8) is 0 Å². The first-order chi connectivity index (χ1) is 10.5. The van der Waals surface area contributed by atoms with Gasteiger partial charge in [-0.1, -0.05) is 0 Å². The number of benzene rings is 1. The molecule has 8 nitrogen and oxygen atoms in total. The number of ether oxygens (including phenoxy) is 1. The maximum absolute atomic E-state index is 12.0. The van der Waals surface area contributed by atoms with E-state index in [9.17, 15) is 18.0 Å². The van der Waals surface area contributed by atoms with E-state index >= 15 is 0 Å². The lowest BCUT2D eigenvalue weighted by molar-refractivity contribution is -0.116. The van der Waals surface area contributed by atoms with E-state index in [1.54, 1.807) is 13.8 Å². The highest BCUT2D eigenvalue weighted by molar-refractivity contribution is 7.88. The molecule has 9 heteroatoms. The van der Waals surface area contributed by atoms with Crippen molar-refractivity contribution in [1.82, 2.24) is 4.31 Å². The molecule has 0 spiro atoms. The second kappa shape index (κ2) is 7.42. The zero-order chi connectivity index (χ0) is 17.8. The van der Waals surface area contributed by atoms with Crippen LogP contribution in [0.5, 0.6) is 5.75 Å². The third-order valence-electron chi connectivity index (χ3n) is 2.80. The first-order valence-corrected chi connectivity index (χ1v) is 8.60. The van der Waals surface area contributed by atoms with Crippen molar-refractivity contribution < 1.29 is 27.9 Å². The molecule has 1 aromatic carbocycles. The number of sulfonamides is 1. The van der Waals surface area contributed by atoms with E-state index in [0.717, 1.165) is 10.6 Å². The number of carboxylic acid groups (broad SMARTS) is 1. The van der Waals surface area contributed by atoms with Gasteiger partial charge in [-0.3, -0.25) is 4.79 Å². The van der Waals surface area contributed by atoms with E-state index in [1.165, 1.54) is 25.2 Å². The lowest BCUT2D eigenvalue weighted by Gasteiger charge is -2.17. The first kappa shape index (κ1) is 18.9. The molecule has 1 aromatic rings. The molecular weight excluding hydrogens is 324 g/mol. The summed E-state index contributed by atoms with van der Waals surface area (Å²) in [6.45, 7) is 3.18. The summed E-state index contributed by atoms with van der Waals surface area (Å²) < 4.78 is 29.0. The van der Waals surface area contributed by atoms with Crippen LogP contribution in [0.3, 0.4) is 0 Å². The monoisotopic (exact) mass is 344 g/mol. The molecule has 0 unspecified atom stereocenters. The number of nitrogens with one attached hydrogen (secondary N) is 1. The van der Waals surface area contributed by atoms with Crippen LogP contribution in [0, 0.1) is 0 Å². The Hall–Kier alpha value is -2.13. The Bertz CT molecular complexity index is 699. The van der Waals surface area contributed by atoms with Crippen LogP contribution in [0.15, 0.2) is 18.2 Å². The molecule has 0 bridgehead atoms. The van der Waals surface area contributed by atoms with Gasteiger partial charge in [-0.05, 0) is 32.0 Å². The van der Waals surface area contributed by atoms with Crippen molar-refractivity contribution in [1.29, 1.82) is 0 Å². The summed E-state index contributed by atoms with van der Waals surface area (Å²) in [6, 6.07) is 4.07. The van der Waals surface area contributed by atoms with E-state index in [1.807, 2.05) is 0 Å². The number of anilines is 1. The fraction of sp³-hybridized carbons (Fsp3) is 0.429. The number of rotatable bonds is 7. The molecule has 0 atom stereocenters. The Morgan fingerprint density at radius 2 is 1.96 bits per heavy atom. The zero-order valence-corrected chi connectivity index (χ0v) is 14.2. The van der Waals surface area contributed by atoms with Gasteiger partial charge in [0.1, 0.15) is 5.75 Å². The molecular formula is C14H20N2O6S. The van der Waals surface area contributed by atoms with Gasteiger partial charge in [0.05, 0.1) is 30.2 Å². The van der Waals surface area contributed by atoms with Gasteiger partial charge in [0.15, 0.2) is 0 Å². The molecule has 0 saturated heterocycles. The Morgan fingerprint density at radius 1 is 1.35 bits per heavy atom. The average molecular weight is 344 g/mol. The van der Waals surface area contributed by atoms with Gasteiger partial charge in [0.2, 0.25) is 15.9 Å². The molecule has 0 saturated carbocycles. The number of likely N-dealkylation sites (N-methyl/N-ethyl adjacent to an activating group) is 1. The molecule has 0 aliphatic rings. The summed E-state index contributed by atoms with van der Waals surface area (Å²) in [6.07, 6.45) is 0.804. The number of hydrogen-bond donors (Lipinski definition) is 2. The van der Waals surface area contributed by atoms with Gasteiger partial charge in [-0.25, -0.2) is 13.2 Å². The minimum atomic E-state index is -3.49. The van der Waals surface area contributed by atoms with Crippen LogP contribution in [0.1, 0.15) is 24.2 Å². The fourth-order valence-corrected chi connectivity index (χ4v) is 1.98. The molecule has 128 valence electrons. The molecule has 0 radical (unpaired) electrons. The van der Waals surface area contributed by atoms with Gasteiger partial charge in [-0.15, -0.1) is 0 Å². The third kappa shape index (κ3) is 5.87. The van der Waals surface area contributed by atoms with Crippen LogP contribution in [0.4, 0.5) is 5.69 Å². The predicted molar refractivity (Wildman–Crippen MR) is 85.3 cm³/mol. The topological polar surface area (TPSA) is 113 Å². The van der Waals surface area contributed by atoms with Gasteiger partial charge in [-0.2, -0.15) is 4.31 Å². The largest absolute Gasteiger partial charge is 0.489 e. The van der Waals surface area contributed by atoms with Crippen molar-refractivity contribution in [2.45, 2.75) is 20.0 Å². The number of carboxylic acids is 1. The molecule has 0 aromatic heterocycles. The van der Waals surface area contributed by atoms with E-state index < -0.39 is 28.4 Å². The SMILES string of the molecule is CC(C)Oc1ccc(C(=O)O)cc1NC(=O)CN(C)S(C)(=O)=O. The second-order valence-electron chi connectivity index (χ2n) is 5.25. The van der Waals surface area contributed by atoms with Crippen molar-refractivity contribution in [2.24, 2.45) is 0 Å². The highest BCUT2D eigenvalue weighted by Gasteiger charge is 2.18. The Morgan fingerprint density at radius 3 is 2.43 bits per heavy atom. The molecule has 23 heavy (non-hydrogen) atoms. The van der Waals surface area contributed by atoms with Crippen LogP contribution >= 0.6 is 0 Å². The maximum Gasteiger partial charge on any atom is 0.335 e. The number of carbonyl (C=O) groups is 2. The molecule has 0 aliphatic carbocycles. The van der Waals surface area contributed by atoms with E-state index in [4.69, 9.17) is 9.84 Å². The standard InChI is InChI=1S/C14H20N2O6S/c1-9(2)22-12-6-5-10(14(18)19)7-11(12)15-13(17)8-16(3)23(4,20)21/h5-7,9H,8H2,1-4H3,(H,15,17)(H,18,19). The Kier molecular flexibility index (Phi) is 6.11. The summed E-state index contributed by atoms with van der Waals surface area (Å²) in [5.41, 5.74) is 0.151. The van der Waals surface area contributed by atoms with Crippen LogP contribution < -0.4 is 10.1 Å². The van der Waals surface area contributed by atoms with Crippen molar-refractivity contribution in [3.05, 3.63) is 23.8 Å². The average Bonchev–Trinajstić information content (AvgIpc) is 2.38. The minimum absolute atomic E-state index is 0.0205. The lowest BCUT2D eigenvalue weighted by Crippen LogP contribution is -2.34. The quantitative estimate of drug-likeness (QED) is 0.763. The number of amides is 1. The zero-order valence-electron chi connectivity index (χ0n) is 13.4. The van der Waals surface area contributed by atoms with Gasteiger partial charge in [0, 0.05) is 7.05 Å². The van der Waals surface area contributed by atoms with Crippen molar-refractivity contribution in [2.75, 3.05) is 25.2 Å². The van der Waals surface area contributed by atoms with Crippen LogP contribution in [-0.2, 0) is 14.8 Å². The van der Waals surface area contributed by atoms with Crippen molar-refractivity contribution >= 4 is 27.6 Å². The lowest BCUT2D eigenvalue weighted by atomic mass is 10.2. The second-order valence-corrected chi connectivity index (χ2v) is 7.34. The number of aromatic carboxylic acids is 1. The molecule has 1 rings (SSSR count). The summed E-state index contributed by atoms with van der Waals surface area (Å²) in [5, 5.41) is 11.5. The number of carbonyl (C=O) groups excluding carboxylic acids is 1. The van der Waals surface area contributed by atoms with Crippen LogP contribution in [0.2, 0.25) is 0 Å². The summed E-state index contributed by atoms with van der Waals surface area (Å²) in [4.78, 5) is 23.0. The van der Waals surface area contributed by atoms with Gasteiger partial charge < -0.3 is 15.2 Å².